The number of benzene rings is 2. The van der Waals surface area contributed by atoms with Gasteiger partial charge in [-0.05, 0) is 80.2 Å². The average Bonchev–Trinajstić information content (AvgIpc) is 3.29. The summed E-state index contributed by atoms with van der Waals surface area (Å²) in [4.78, 5) is 34.7. The van der Waals surface area contributed by atoms with Crippen LogP contribution in [0.25, 0.3) is 0 Å². The first-order chi connectivity index (χ1) is 30.8. The summed E-state index contributed by atoms with van der Waals surface area (Å²) in [5.74, 6) is -1.08. The lowest BCUT2D eigenvalue weighted by molar-refractivity contribution is -0.253. The van der Waals surface area contributed by atoms with Gasteiger partial charge < -0.3 is 44.2 Å². The molecule has 0 radical (unpaired) electrons. The first-order valence-electron chi connectivity index (χ1n) is 23.9. The molecule has 63 heavy (non-hydrogen) atoms. The molecule has 0 bridgehead atoms. The normalized spacial score (nSPS) is 22.8. The van der Waals surface area contributed by atoms with Crippen LogP contribution < -0.4 is 14.8 Å². The highest BCUT2D eigenvalue weighted by Crippen LogP contribution is 2.61. The van der Waals surface area contributed by atoms with E-state index in [1.54, 1.807) is 24.1 Å². The van der Waals surface area contributed by atoms with Crippen molar-refractivity contribution in [1.29, 1.82) is 0 Å². The first-order valence-corrected chi connectivity index (χ1v) is 23.9. The molecule has 3 aliphatic rings. The number of hydrogen-bond donors (Lipinski definition) is 3. The number of aliphatic hydroxyl groups excluding tert-OH is 2. The van der Waals surface area contributed by atoms with Crippen LogP contribution in [0.2, 0.25) is 0 Å². The van der Waals surface area contributed by atoms with Crippen molar-refractivity contribution in [1.82, 2.24) is 10.2 Å². The van der Waals surface area contributed by atoms with E-state index in [2.05, 4.69) is 24.9 Å². The third kappa shape index (κ3) is 13.6. The molecule has 1 heterocycles. The van der Waals surface area contributed by atoms with Gasteiger partial charge in [-0.15, -0.1) is 6.58 Å². The van der Waals surface area contributed by atoms with E-state index in [1.165, 1.54) is 44.9 Å². The summed E-state index contributed by atoms with van der Waals surface area (Å²) in [5, 5.41) is 27.4. The Morgan fingerprint density at radius 1 is 0.921 bits per heavy atom. The Morgan fingerprint density at radius 2 is 1.62 bits per heavy atom. The predicted molar refractivity (Wildman–Crippen MR) is 247 cm³/mol. The fraction of sp³-hybridized carbons (Fsp3) is 0.627. The lowest BCUT2D eigenvalue weighted by Gasteiger charge is -2.59. The average molecular weight is 874 g/mol. The molecule has 2 aliphatic carbocycles. The summed E-state index contributed by atoms with van der Waals surface area (Å²) < 4.78 is 26.0. The molecule has 0 aromatic heterocycles. The van der Waals surface area contributed by atoms with Crippen LogP contribution in [0.1, 0.15) is 140 Å². The molecule has 1 aliphatic heterocycles. The van der Waals surface area contributed by atoms with Gasteiger partial charge in [-0.2, -0.15) is 0 Å². The molecule has 2 aromatic carbocycles. The Bertz CT molecular complexity index is 1770. The van der Waals surface area contributed by atoms with Crippen molar-refractivity contribution >= 4 is 17.9 Å². The van der Waals surface area contributed by atoms with Crippen LogP contribution in [0.4, 0.5) is 9.59 Å². The molecule has 2 aromatic rings. The number of nitrogens with one attached hydrogen (secondary N) is 1. The molecule has 0 saturated heterocycles. The highest BCUT2D eigenvalue weighted by molar-refractivity contribution is 6.03. The smallest absolute Gasteiger partial charge is 0.412 e. The summed E-state index contributed by atoms with van der Waals surface area (Å²) in [6, 6.07) is 14.3. The number of rotatable bonds is 28. The Morgan fingerprint density at radius 3 is 2.30 bits per heavy atom. The van der Waals surface area contributed by atoms with Crippen molar-refractivity contribution in [3.8, 4) is 11.5 Å². The van der Waals surface area contributed by atoms with E-state index in [-0.39, 0.29) is 50.6 Å². The summed E-state index contributed by atoms with van der Waals surface area (Å²) in [5.41, 5.74) is 3.36. The largest absolute Gasteiger partial charge is 0.459 e. The topological polar surface area (TPSA) is 148 Å². The van der Waals surface area contributed by atoms with Crippen LogP contribution in [0.15, 0.2) is 78.0 Å². The summed E-state index contributed by atoms with van der Waals surface area (Å²) in [6.45, 7) is 9.43. The second-order valence-electron chi connectivity index (χ2n) is 17.3. The van der Waals surface area contributed by atoms with E-state index in [9.17, 15) is 19.8 Å². The summed E-state index contributed by atoms with van der Waals surface area (Å²) in [7, 11) is 1.71. The molecule has 0 spiro atoms. The molecule has 1 saturated carbocycles. The van der Waals surface area contributed by atoms with Gasteiger partial charge in [0.15, 0.2) is 0 Å². The standard InChI is InChI=1S/C51H75N3O9/c1-5-8-9-10-11-12-13-14-15-21-30-52-49(57)62-40-28-29-45-43(35-40)47-41(27-20-23-32-56)39(26-19-22-31-55)34-42-44(53-61-7-3)36-46(51(63-45,48(42)47)60-33-6-2)54(4)50(58)59-37-38-24-17-16-18-25-38/h6,16-18,24-25,28-29,34-35,39,41,46-48,55-56H,2,5,7-15,19-23,26-27,30-33,36-37H2,1,3-4H3,(H,52,57)/t39-,41+,46-,47+,48+,51+/m0/s1. The summed E-state index contributed by atoms with van der Waals surface area (Å²) in [6.07, 6.45) is 19.9. The van der Waals surface area contributed by atoms with Crippen LogP contribution in [-0.4, -0.2) is 84.9 Å². The SMILES string of the molecule is C=CCO[C@@]12Oc3ccc(OC(=O)NCCCCCCCCCCCC)cc3[C@H]3[C@H](CCCCO)[C@@H](CCCCO)C=C(C(=NOCC)C[C@@H]1N(C)C(=O)OCc1ccccc1)[C@H]32. The number of ether oxygens (including phenoxy) is 4. The van der Waals surface area contributed by atoms with Crippen molar-refractivity contribution in [2.45, 2.75) is 147 Å². The minimum atomic E-state index is -1.41. The summed E-state index contributed by atoms with van der Waals surface area (Å²) >= 11 is 0. The van der Waals surface area contributed by atoms with E-state index < -0.39 is 29.9 Å². The van der Waals surface area contributed by atoms with E-state index in [0.717, 1.165) is 61.6 Å². The number of carbonyl (C=O) groups is 2. The van der Waals surface area contributed by atoms with Crippen molar-refractivity contribution in [3.05, 3.63) is 84.0 Å². The number of fused-ring (bicyclic) bond motifs is 2. The Hall–Kier alpha value is -4.39. The first kappa shape index (κ1) is 49.6. The van der Waals surface area contributed by atoms with Gasteiger partial charge in [0.2, 0.25) is 5.79 Å². The maximum absolute atomic E-state index is 14.1. The molecule has 12 nitrogen and oxygen atoms in total. The van der Waals surface area contributed by atoms with Crippen molar-refractivity contribution < 1.29 is 43.6 Å². The van der Waals surface area contributed by atoms with Crippen LogP contribution in [0.3, 0.4) is 0 Å². The van der Waals surface area contributed by atoms with E-state index in [4.69, 9.17) is 28.9 Å². The van der Waals surface area contributed by atoms with Crippen LogP contribution >= 0.6 is 0 Å². The Balaban J connectivity index is 1.48. The fourth-order valence-corrected chi connectivity index (χ4v) is 9.83. The van der Waals surface area contributed by atoms with Crippen LogP contribution in [0.5, 0.6) is 11.5 Å². The third-order valence-corrected chi connectivity index (χ3v) is 12.9. The minimum absolute atomic E-state index is 0.0289. The maximum Gasteiger partial charge on any atom is 0.412 e. The number of nitrogens with zero attached hydrogens (tertiary/aromatic N) is 2. The fourth-order valence-electron chi connectivity index (χ4n) is 9.83. The molecule has 6 atom stereocenters. The minimum Gasteiger partial charge on any atom is -0.459 e. The quantitative estimate of drug-likeness (QED) is 0.0432. The van der Waals surface area contributed by atoms with Gasteiger partial charge in [0.05, 0.1) is 18.2 Å². The number of oxime groups is 1. The molecule has 12 heteroatoms. The van der Waals surface area contributed by atoms with E-state index >= 15 is 0 Å². The van der Waals surface area contributed by atoms with E-state index in [1.807, 2.05) is 49.4 Å². The van der Waals surface area contributed by atoms with Crippen LogP contribution in [-0.2, 0) is 20.9 Å². The molecular weight excluding hydrogens is 799 g/mol. The highest BCUT2D eigenvalue weighted by atomic mass is 16.7. The van der Waals surface area contributed by atoms with Crippen molar-refractivity contribution in [2.75, 3.05) is 40.0 Å². The molecule has 3 N–H and O–H groups in total. The number of likely N-dealkylation sites (N-methyl/N-ethyl adjacent to an activating group) is 1. The van der Waals surface area contributed by atoms with Crippen molar-refractivity contribution in [3.63, 3.8) is 0 Å². The second-order valence-corrected chi connectivity index (χ2v) is 17.3. The van der Waals surface area contributed by atoms with Gasteiger partial charge in [0.1, 0.15) is 30.8 Å². The molecular formula is C51H75N3O9. The van der Waals surface area contributed by atoms with Gasteiger partial charge in [-0.3, -0.25) is 0 Å². The number of amides is 2. The molecule has 0 unspecified atom stereocenters. The monoisotopic (exact) mass is 874 g/mol. The highest BCUT2D eigenvalue weighted by Gasteiger charge is 2.65. The zero-order chi connectivity index (χ0) is 44.9. The lowest BCUT2D eigenvalue weighted by atomic mass is 9.55. The Labute approximate surface area is 376 Å². The zero-order valence-corrected chi connectivity index (χ0v) is 38.3. The van der Waals surface area contributed by atoms with Gasteiger partial charge in [-0.1, -0.05) is 125 Å². The number of hydrogen-bond acceptors (Lipinski definition) is 10. The molecule has 5 rings (SSSR count). The van der Waals surface area contributed by atoms with Gasteiger partial charge >= 0.3 is 12.2 Å². The zero-order valence-electron chi connectivity index (χ0n) is 38.3. The molecule has 1 fully saturated rings. The molecule has 2 amide bonds. The van der Waals surface area contributed by atoms with Crippen molar-refractivity contribution in [2.24, 2.45) is 22.9 Å². The second kappa shape index (κ2) is 26.4. The number of unbranched alkanes of at least 4 members (excludes halogenated alkanes) is 11. The number of allylic oxidation sites excluding steroid dienone is 1. The van der Waals surface area contributed by atoms with Gasteiger partial charge in [0.25, 0.3) is 0 Å². The third-order valence-electron chi connectivity index (χ3n) is 12.9. The maximum atomic E-state index is 14.1. The van der Waals surface area contributed by atoms with E-state index in [0.29, 0.717) is 43.2 Å². The van der Waals surface area contributed by atoms with Gasteiger partial charge in [0, 0.05) is 44.7 Å². The van der Waals surface area contributed by atoms with Crippen LogP contribution in [0, 0.1) is 17.8 Å². The Kier molecular flexibility index (Phi) is 20.8. The number of aliphatic hydroxyl groups is 2. The number of carbonyl (C=O) groups excluding carboxylic acids is 2. The molecule has 348 valence electrons. The van der Waals surface area contributed by atoms with Gasteiger partial charge in [-0.25, -0.2) is 9.59 Å². The predicted octanol–water partition coefficient (Wildman–Crippen LogP) is 10.6. The lowest BCUT2D eigenvalue weighted by Crippen LogP contribution is -2.69.